The number of carbonyl (C=O) groups excluding carboxylic acids is 3. The number of halogens is 1. The summed E-state index contributed by atoms with van der Waals surface area (Å²) in [6, 6.07) is 4.19. The van der Waals surface area contributed by atoms with Crippen LogP contribution in [0.3, 0.4) is 0 Å². The van der Waals surface area contributed by atoms with E-state index in [1.807, 2.05) is 27.9 Å². The topological polar surface area (TPSA) is 111 Å². The number of anilines is 1. The number of nitrogen functional groups attached to an aromatic ring is 1. The van der Waals surface area contributed by atoms with E-state index in [4.69, 9.17) is 10.5 Å². The van der Waals surface area contributed by atoms with Crippen molar-refractivity contribution in [1.82, 2.24) is 10.6 Å². The number of amides is 3. The first-order valence-corrected chi connectivity index (χ1v) is 6.25. The monoisotopic (exact) mass is 377 g/mol. The molecule has 0 bridgehead atoms. The molecule has 0 aliphatic heterocycles. The van der Waals surface area contributed by atoms with Crippen LogP contribution in [0.4, 0.5) is 10.5 Å². The van der Waals surface area contributed by atoms with E-state index in [1.165, 1.54) is 7.05 Å². The van der Waals surface area contributed by atoms with Gasteiger partial charge in [-0.25, -0.2) is 9.59 Å². The van der Waals surface area contributed by atoms with Crippen molar-refractivity contribution in [3.05, 3.63) is 27.3 Å². The van der Waals surface area contributed by atoms with Crippen molar-refractivity contribution < 1.29 is 19.1 Å². The lowest BCUT2D eigenvalue weighted by molar-refractivity contribution is -0.123. The Labute approximate surface area is 123 Å². The first-order valence-electron chi connectivity index (χ1n) is 5.17. The highest BCUT2D eigenvalue weighted by atomic mass is 127. The Balaban J connectivity index is 2.58. The molecule has 102 valence electrons. The number of hydrogen-bond acceptors (Lipinski definition) is 5. The average molecular weight is 377 g/mol. The van der Waals surface area contributed by atoms with Crippen LogP contribution in [0.25, 0.3) is 0 Å². The molecule has 0 fully saturated rings. The summed E-state index contributed by atoms with van der Waals surface area (Å²) in [5, 5.41) is 4.16. The van der Waals surface area contributed by atoms with Gasteiger partial charge in [0.15, 0.2) is 6.61 Å². The van der Waals surface area contributed by atoms with E-state index < -0.39 is 24.5 Å². The molecular formula is C11H12IN3O4. The molecule has 0 spiro atoms. The van der Waals surface area contributed by atoms with Crippen molar-refractivity contribution in [3.63, 3.8) is 0 Å². The zero-order valence-corrected chi connectivity index (χ0v) is 12.2. The van der Waals surface area contributed by atoms with Crippen LogP contribution in [-0.2, 0) is 9.53 Å². The largest absolute Gasteiger partial charge is 0.452 e. The average Bonchev–Trinajstić information content (AvgIpc) is 2.38. The van der Waals surface area contributed by atoms with E-state index in [1.54, 1.807) is 18.2 Å². The van der Waals surface area contributed by atoms with Crippen LogP contribution in [0.2, 0.25) is 0 Å². The summed E-state index contributed by atoms with van der Waals surface area (Å²) in [6.07, 6.45) is 0. The Morgan fingerprint density at radius 3 is 2.68 bits per heavy atom. The summed E-state index contributed by atoms with van der Waals surface area (Å²) in [6.45, 7) is -0.558. The number of carbonyl (C=O) groups is 3. The number of hydrogen-bond donors (Lipinski definition) is 3. The molecule has 0 atom stereocenters. The Morgan fingerprint density at radius 1 is 1.37 bits per heavy atom. The third-order valence-corrected chi connectivity index (χ3v) is 2.72. The smallest absolute Gasteiger partial charge is 0.340 e. The highest BCUT2D eigenvalue weighted by molar-refractivity contribution is 14.1. The Bertz CT molecular complexity index is 519. The summed E-state index contributed by atoms with van der Waals surface area (Å²) >= 11 is 2.02. The van der Waals surface area contributed by atoms with Crippen molar-refractivity contribution >= 4 is 46.2 Å². The lowest BCUT2D eigenvalue weighted by Crippen LogP contribution is -2.39. The highest BCUT2D eigenvalue weighted by Crippen LogP contribution is 2.16. The predicted octanol–water partition coefficient (Wildman–Crippen LogP) is 0.486. The summed E-state index contributed by atoms with van der Waals surface area (Å²) in [5.74, 6) is -1.44. The zero-order valence-electron chi connectivity index (χ0n) is 10.0. The van der Waals surface area contributed by atoms with Crippen LogP contribution in [0.5, 0.6) is 0 Å². The van der Waals surface area contributed by atoms with Gasteiger partial charge in [-0.05, 0) is 40.8 Å². The molecule has 0 saturated heterocycles. The molecule has 0 aromatic heterocycles. The number of nitrogens with two attached hydrogens (primary N) is 1. The number of benzene rings is 1. The molecule has 0 aliphatic rings. The molecular weight excluding hydrogens is 365 g/mol. The van der Waals surface area contributed by atoms with Gasteiger partial charge >= 0.3 is 12.0 Å². The van der Waals surface area contributed by atoms with Crippen LogP contribution in [0.15, 0.2) is 18.2 Å². The van der Waals surface area contributed by atoms with Gasteiger partial charge in [-0.15, -0.1) is 0 Å². The fraction of sp³-hybridized carbons (Fsp3) is 0.182. The first kappa shape index (κ1) is 15.2. The molecule has 1 rings (SSSR count). The van der Waals surface area contributed by atoms with Gasteiger partial charge in [-0.2, -0.15) is 0 Å². The second-order valence-electron chi connectivity index (χ2n) is 3.44. The van der Waals surface area contributed by atoms with Crippen molar-refractivity contribution in [1.29, 1.82) is 0 Å². The van der Waals surface area contributed by atoms with Gasteiger partial charge in [-0.1, -0.05) is 0 Å². The van der Waals surface area contributed by atoms with Crippen LogP contribution in [0, 0.1) is 3.57 Å². The molecule has 8 heteroatoms. The number of urea groups is 1. The third-order valence-electron chi connectivity index (χ3n) is 2.05. The maximum Gasteiger partial charge on any atom is 0.340 e. The minimum Gasteiger partial charge on any atom is -0.452 e. The second kappa shape index (κ2) is 6.92. The molecule has 0 heterocycles. The quantitative estimate of drug-likeness (QED) is 0.403. The molecule has 1 aromatic carbocycles. The molecule has 3 amide bonds. The van der Waals surface area contributed by atoms with Gasteiger partial charge in [0.1, 0.15) is 0 Å². The van der Waals surface area contributed by atoms with Crippen LogP contribution < -0.4 is 16.4 Å². The molecule has 0 saturated carbocycles. The van der Waals surface area contributed by atoms with E-state index in [2.05, 4.69) is 5.32 Å². The molecule has 0 aliphatic carbocycles. The Hall–Kier alpha value is -1.84. The van der Waals surface area contributed by atoms with E-state index in [-0.39, 0.29) is 11.3 Å². The third kappa shape index (κ3) is 4.73. The zero-order chi connectivity index (χ0) is 14.4. The standard InChI is InChI=1S/C11H12IN3O4/c1-14-11(18)15-9(16)5-19-10(17)7-4-6(12)2-3-8(7)13/h2-4H,5,13H2,1H3,(H2,14,15,16,18). The molecule has 0 unspecified atom stereocenters. The van der Waals surface area contributed by atoms with E-state index >= 15 is 0 Å². The molecule has 1 aromatic rings. The predicted molar refractivity (Wildman–Crippen MR) is 76.5 cm³/mol. The lowest BCUT2D eigenvalue weighted by atomic mass is 10.2. The Kier molecular flexibility index (Phi) is 5.55. The number of ether oxygens (including phenoxy) is 1. The molecule has 0 radical (unpaired) electrons. The maximum atomic E-state index is 11.7. The first-order chi connectivity index (χ1) is 8.93. The lowest BCUT2D eigenvalue weighted by Gasteiger charge is -2.07. The normalized spacial score (nSPS) is 9.58. The van der Waals surface area contributed by atoms with E-state index in [0.29, 0.717) is 0 Å². The van der Waals surface area contributed by atoms with Crippen LogP contribution >= 0.6 is 22.6 Å². The molecule has 4 N–H and O–H groups in total. The summed E-state index contributed by atoms with van der Waals surface area (Å²) in [7, 11) is 1.36. The van der Waals surface area contributed by atoms with Gasteiger partial charge in [0.05, 0.1) is 5.56 Å². The van der Waals surface area contributed by atoms with Gasteiger partial charge in [-0.3, -0.25) is 10.1 Å². The molecule has 7 nitrogen and oxygen atoms in total. The minimum atomic E-state index is -0.725. The fourth-order valence-corrected chi connectivity index (χ4v) is 1.63. The summed E-state index contributed by atoms with van der Waals surface area (Å²) in [5.41, 5.74) is 6.07. The van der Waals surface area contributed by atoms with Gasteiger partial charge < -0.3 is 15.8 Å². The van der Waals surface area contributed by atoms with E-state index in [0.717, 1.165) is 3.57 Å². The second-order valence-corrected chi connectivity index (χ2v) is 4.68. The van der Waals surface area contributed by atoms with Crippen molar-refractivity contribution in [2.45, 2.75) is 0 Å². The van der Waals surface area contributed by atoms with Gasteiger partial charge in [0.2, 0.25) is 0 Å². The molecule has 19 heavy (non-hydrogen) atoms. The van der Waals surface area contributed by atoms with E-state index in [9.17, 15) is 14.4 Å². The fourth-order valence-electron chi connectivity index (χ4n) is 1.14. The minimum absolute atomic E-state index is 0.180. The number of rotatable bonds is 3. The van der Waals surface area contributed by atoms with Crippen molar-refractivity contribution in [3.8, 4) is 0 Å². The van der Waals surface area contributed by atoms with Crippen LogP contribution in [-0.4, -0.2) is 31.6 Å². The highest BCUT2D eigenvalue weighted by Gasteiger charge is 2.14. The maximum absolute atomic E-state index is 11.7. The summed E-state index contributed by atoms with van der Waals surface area (Å²) in [4.78, 5) is 33.7. The number of imide groups is 1. The van der Waals surface area contributed by atoms with Gasteiger partial charge in [0, 0.05) is 16.3 Å². The van der Waals surface area contributed by atoms with Crippen molar-refractivity contribution in [2.75, 3.05) is 19.4 Å². The number of nitrogens with one attached hydrogen (secondary N) is 2. The van der Waals surface area contributed by atoms with Crippen molar-refractivity contribution in [2.24, 2.45) is 0 Å². The number of esters is 1. The van der Waals surface area contributed by atoms with Gasteiger partial charge in [0.25, 0.3) is 5.91 Å². The SMILES string of the molecule is CNC(=O)NC(=O)COC(=O)c1cc(I)ccc1N. The summed E-state index contributed by atoms with van der Waals surface area (Å²) < 4.78 is 5.57. The van der Waals surface area contributed by atoms with Crippen LogP contribution in [0.1, 0.15) is 10.4 Å². The Morgan fingerprint density at radius 2 is 2.05 bits per heavy atom.